The van der Waals surface area contributed by atoms with E-state index in [1.54, 1.807) is 23.5 Å². The van der Waals surface area contributed by atoms with Crippen LogP contribution in [0.1, 0.15) is 37.6 Å². The van der Waals surface area contributed by atoms with Crippen molar-refractivity contribution in [3.8, 4) is 0 Å². The molecule has 0 aliphatic heterocycles. The molecule has 1 aliphatic carbocycles. The van der Waals surface area contributed by atoms with Gasteiger partial charge in [0.05, 0.1) is 17.4 Å². The zero-order valence-electron chi connectivity index (χ0n) is 16.8. The van der Waals surface area contributed by atoms with Crippen LogP contribution in [-0.4, -0.2) is 15.5 Å². The Balaban J connectivity index is 1.61. The smallest absolute Gasteiger partial charge is 0.262 e. The summed E-state index contributed by atoms with van der Waals surface area (Å²) in [5.74, 6) is -0.394. The summed E-state index contributed by atoms with van der Waals surface area (Å²) >= 11 is 1.59. The molecule has 1 atom stereocenters. The van der Waals surface area contributed by atoms with E-state index in [0.717, 1.165) is 29.7 Å². The Kier molecular flexibility index (Phi) is 5.02. The number of nitrogens with zero attached hydrogens (tertiary/aromatic N) is 2. The largest absolute Gasteiger partial charge is 0.322 e. The van der Waals surface area contributed by atoms with E-state index >= 15 is 0 Å². The molecule has 29 heavy (non-hydrogen) atoms. The number of thiophene rings is 1. The maximum atomic E-state index is 13.7. The molecule has 0 saturated carbocycles. The fourth-order valence-corrected chi connectivity index (χ4v) is 5.22. The lowest BCUT2D eigenvalue weighted by Gasteiger charge is -2.33. The van der Waals surface area contributed by atoms with Crippen molar-refractivity contribution in [1.29, 1.82) is 0 Å². The predicted octanol–water partition coefficient (Wildman–Crippen LogP) is 4.39. The quantitative estimate of drug-likeness (QED) is 0.693. The van der Waals surface area contributed by atoms with E-state index in [0.29, 0.717) is 11.3 Å². The third kappa shape index (κ3) is 3.83. The van der Waals surface area contributed by atoms with Crippen molar-refractivity contribution in [2.45, 2.75) is 46.6 Å². The number of aryl methyl sites for hydroxylation is 1. The van der Waals surface area contributed by atoms with Crippen LogP contribution < -0.4 is 10.9 Å². The monoisotopic (exact) mass is 413 g/mol. The average Bonchev–Trinajstić information content (AvgIpc) is 3.03. The van der Waals surface area contributed by atoms with E-state index in [1.165, 1.54) is 27.9 Å². The molecule has 2 aromatic heterocycles. The van der Waals surface area contributed by atoms with E-state index < -0.39 is 11.7 Å². The third-order valence-corrected chi connectivity index (χ3v) is 6.88. The highest BCUT2D eigenvalue weighted by atomic mass is 32.1. The molecule has 4 rings (SSSR count). The Morgan fingerprint density at radius 3 is 2.83 bits per heavy atom. The second kappa shape index (κ2) is 7.37. The summed E-state index contributed by atoms with van der Waals surface area (Å²) in [5.41, 5.74) is 1.21. The summed E-state index contributed by atoms with van der Waals surface area (Å²) in [6.45, 7) is 6.57. The number of carbonyl (C=O) groups is 1. The first-order valence-corrected chi connectivity index (χ1v) is 10.6. The second-order valence-electron chi connectivity index (χ2n) is 8.70. The van der Waals surface area contributed by atoms with Gasteiger partial charge in [0.15, 0.2) is 0 Å². The lowest BCUT2D eigenvalue weighted by atomic mass is 9.72. The minimum atomic E-state index is -0.512. The number of benzene rings is 1. The van der Waals surface area contributed by atoms with Crippen LogP contribution in [0.25, 0.3) is 10.2 Å². The van der Waals surface area contributed by atoms with E-state index in [4.69, 9.17) is 0 Å². The number of amides is 1. The topological polar surface area (TPSA) is 64.0 Å². The molecule has 1 aromatic carbocycles. The number of aromatic nitrogens is 2. The maximum Gasteiger partial charge on any atom is 0.262 e. The van der Waals surface area contributed by atoms with Crippen molar-refractivity contribution in [3.05, 3.63) is 57.2 Å². The van der Waals surface area contributed by atoms with Gasteiger partial charge in [-0.05, 0) is 48.3 Å². The van der Waals surface area contributed by atoms with Crippen LogP contribution >= 0.6 is 11.3 Å². The summed E-state index contributed by atoms with van der Waals surface area (Å²) in [6.07, 6.45) is 4.28. The Hall–Kier alpha value is -2.54. The number of hydrogen-bond acceptors (Lipinski definition) is 4. The Morgan fingerprint density at radius 2 is 2.10 bits per heavy atom. The molecule has 3 aromatic rings. The molecular formula is C22H24FN3O2S. The number of para-hydroxylation sites is 1. The first-order chi connectivity index (χ1) is 13.7. The van der Waals surface area contributed by atoms with Gasteiger partial charge in [0.1, 0.15) is 17.2 Å². The molecule has 7 heteroatoms. The first-order valence-electron chi connectivity index (χ1n) is 9.78. The summed E-state index contributed by atoms with van der Waals surface area (Å²) in [6, 6.07) is 5.95. The summed E-state index contributed by atoms with van der Waals surface area (Å²) in [7, 11) is 0. The molecule has 0 fully saturated rings. The third-order valence-electron chi connectivity index (χ3n) is 5.72. The predicted molar refractivity (Wildman–Crippen MR) is 114 cm³/mol. The highest BCUT2D eigenvalue weighted by Gasteiger charge is 2.31. The van der Waals surface area contributed by atoms with Gasteiger partial charge in [-0.15, -0.1) is 11.3 Å². The standard InChI is InChI=1S/C22H24FN3O2S/c1-22(2,3)13-8-9-14-17(10-13)29-20-19(14)21(28)26(12-24-20)11-18(27)25-16-7-5-4-6-15(16)23/h4-7,12-13H,8-11H2,1-3H3,(H,25,27). The SMILES string of the molecule is CC(C)(C)C1CCc2c(sc3ncn(CC(=O)Nc4ccccc4F)c(=O)c23)C1. The Bertz CT molecular complexity index is 1140. The van der Waals surface area contributed by atoms with Crippen LogP contribution in [0, 0.1) is 17.2 Å². The fourth-order valence-electron chi connectivity index (χ4n) is 3.96. The van der Waals surface area contributed by atoms with Crippen molar-refractivity contribution in [3.63, 3.8) is 0 Å². The van der Waals surface area contributed by atoms with Gasteiger partial charge in [0.25, 0.3) is 5.56 Å². The van der Waals surface area contributed by atoms with Gasteiger partial charge in [-0.25, -0.2) is 9.37 Å². The van der Waals surface area contributed by atoms with Gasteiger partial charge in [-0.3, -0.25) is 14.2 Å². The van der Waals surface area contributed by atoms with E-state index in [-0.39, 0.29) is 23.2 Å². The molecule has 1 aliphatic rings. The van der Waals surface area contributed by atoms with Crippen LogP contribution in [0.2, 0.25) is 0 Å². The lowest BCUT2D eigenvalue weighted by Crippen LogP contribution is -2.29. The number of nitrogens with one attached hydrogen (secondary N) is 1. The summed E-state index contributed by atoms with van der Waals surface area (Å²) in [4.78, 5) is 31.8. The van der Waals surface area contributed by atoms with Gasteiger partial charge in [0.2, 0.25) is 5.91 Å². The number of fused-ring (bicyclic) bond motifs is 3. The molecule has 152 valence electrons. The molecule has 0 bridgehead atoms. The zero-order chi connectivity index (χ0) is 20.8. The summed E-state index contributed by atoms with van der Waals surface area (Å²) < 4.78 is 15.1. The molecule has 0 spiro atoms. The van der Waals surface area contributed by atoms with Crippen LogP contribution in [0.5, 0.6) is 0 Å². The number of anilines is 1. The Morgan fingerprint density at radius 1 is 1.34 bits per heavy atom. The number of rotatable bonds is 3. The molecule has 5 nitrogen and oxygen atoms in total. The second-order valence-corrected chi connectivity index (χ2v) is 9.78. The van der Waals surface area contributed by atoms with Crippen LogP contribution in [0.3, 0.4) is 0 Å². The van der Waals surface area contributed by atoms with Gasteiger partial charge in [-0.2, -0.15) is 0 Å². The molecule has 1 unspecified atom stereocenters. The number of carbonyl (C=O) groups excluding carboxylic acids is 1. The lowest BCUT2D eigenvalue weighted by molar-refractivity contribution is -0.116. The number of halogens is 1. The number of hydrogen-bond donors (Lipinski definition) is 1. The summed E-state index contributed by atoms with van der Waals surface area (Å²) in [5, 5.41) is 3.15. The van der Waals surface area contributed by atoms with E-state index in [1.807, 2.05) is 0 Å². The molecule has 0 radical (unpaired) electrons. The van der Waals surface area contributed by atoms with Crippen molar-refractivity contribution in [2.75, 3.05) is 5.32 Å². The van der Waals surface area contributed by atoms with Crippen LogP contribution in [0.4, 0.5) is 10.1 Å². The normalized spacial score (nSPS) is 16.6. The Labute approximate surface area is 172 Å². The average molecular weight is 414 g/mol. The molecule has 1 N–H and O–H groups in total. The minimum absolute atomic E-state index is 0.0979. The van der Waals surface area contributed by atoms with Crippen molar-refractivity contribution in [2.24, 2.45) is 11.3 Å². The molecular weight excluding hydrogens is 389 g/mol. The van der Waals surface area contributed by atoms with Crippen LogP contribution in [-0.2, 0) is 24.2 Å². The van der Waals surface area contributed by atoms with Crippen LogP contribution in [0.15, 0.2) is 35.4 Å². The van der Waals surface area contributed by atoms with Gasteiger partial charge in [-0.1, -0.05) is 32.9 Å². The first kappa shape index (κ1) is 19.8. The molecule has 2 heterocycles. The maximum absolute atomic E-state index is 13.7. The minimum Gasteiger partial charge on any atom is -0.322 e. The zero-order valence-corrected chi connectivity index (χ0v) is 17.6. The van der Waals surface area contributed by atoms with E-state index in [2.05, 4.69) is 31.1 Å². The van der Waals surface area contributed by atoms with Gasteiger partial charge < -0.3 is 5.32 Å². The van der Waals surface area contributed by atoms with Crippen molar-refractivity contribution < 1.29 is 9.18 Å². The van der Waals surface area contributed by atoms with Crippen molar-refractivity contribution in [1.82, 2.24) is 9.55 Å². The fraction of sp³-hybridized carbons (Fsp3) is 0.409. The highest BCUT2D eigenvalue weighted by Crippen LogP contribution is 2.41. The van der Waals surface area contributed by atoms with Gasteiger partial charge in [0, 0.05) is 4.88 Å². The van der Waals surface area contributed by atoms with Gasteiger partial charge >= 0.3 is 0 Å². The van der Waals surface area contributed by atoms with E-state index in [9.17, 15) is 14.0 Å². The molecule has 1 amide bonds. The highest BCUT2D eigenvalue weighted by molar-refractivity contribution is 7.18. The van der Waals surface area contributed by atoms with Crippen molar-refractivity contribution >= 4 is 33.1 Å². The molecule has 0 saturated heterocycles.